The number of nitrogens with one attached hydrogen (secondary N) is 2. The van der Waals surface area contributed by atoms with E-state index in [1.807, 2.05) is 27.8 Å². The zero-order chi connectivity index (χ0) is 20.4. The summed E-state index contributed by atoms with van der Waals surface area (Å²) in [6, 6.07) is 0. The normalized spacial score (nSPS) is 13.3. The highest BCUT2D eigenvalue weighted by atomic mass is 32.1. The number of amides is 1. The molecule has 1 aliphatic rings. The minimum atomic E-state index is -0.432. The number of carbonyl (C=O) groups excluding carboxylic acids is 2. The molecule has 0 aliphatic carbocycles. The van der Waals surface area contributed by atoms with Gasteiger partial charge in [-0.05, 0) is 58.2 Å². The van der Waals surface area contributed by atoms with E-state index in [9.17, 15) is 9.59 Å². The third-order valence-electron chi connectivity index (χ3n) is 4.07. The van der Waals surface area contributed by atoms with Crippen molar-refractivity contribution in [2.45, 2.75) is 66.0 Å². The van der Waals surface area contributed by atoms with Gasteiger partial charge in [0.1, 0.15) is 11.9 Å². The lowest BCUT2D eigenvalue weighted by Gasteiger charge is -2.30. The number of thiophene rings is 1. The lowest BCUT2D eigenvalue weighted by molar-refractivity contribution is -0.107. The van der Waals surface area contributed by atoms with Crippen LogP contribution in [0.3, 0.4) is 0 Å². The van der Waals surface area contributed by atoms with Crippen LogP contribution in [0.15, 0.2) is 0 Å². The van der Waals surface area contributed by atoms with Crippen molar-refractivity contribution in [3.63, 3.8) is 0 Å². The molecule has 0 bridgehead atoms. The molecule has 27 heavy (non-hydrogen) atoms. The monoisotopic (exact) mass is 397 g/mol. The Bertz CT molecular complexity index is 608. The molecule has 0 radical (unpaired) electrons. The summed E-state index contributed by atoms with van der Waals surface area (Å²) in [5.41, 5.74) is 2.29. The van der Waals surface area contributed by atoms with Gasteiger partial charge in [-0.2, -0.15) is 0 Å². The highest BCUT2D eigenvalue weighted by Gasteiger charge is 2.28. The van der Waals surface area contributed by atoms with Crippen molar-refractivity contribution in [2.24, 2.45) is 0 Å². The van der Waals surface area contributed by atoms with Gasteiger partial charge < -0.3 is 25.1 Å². The van der Waals surface area contributed by atoms with Crippen molar-refractivity contribution < 1.29 is 14.3 Å². The third-order valence-corrected chi connectivity index (χ3v) is 5.40. The van der Waals surface area contributed by atoms with Gasteiger partial charge in [0.05, 0.1) is 11.5 Å². The van der Waals surface area contributed by atoms with Crippen molar-refractivity contribution in [3.05, 3.63) is 16.0 Å². The number of aldehydes is 1. The zero-order valence-electron chi connectivity index (χ0n) is 17.6. The molecule has 0 fully saturated rings. The molecule has 0 unspecified atom stereocenters. The van der Waals surface area contributed by atoms with Crippen LogP contribution in [0.1, 0.15) is 56.5 Å². The Balaban J connectivity index is 0.000000387. The smallest absolute Gasteiger partial charge is 0.410 e. The molecule has 0 saturated carbocycles. The van der Waals surface area contributed by atoms with Crippen LogP contribution in [0, 0.1) is 6.92 Å². The molecule has 0 aromatic carbocycles. The minimum Gasteiger partial charge on any atom is -0.444 e. The maximum atomic E-state index is 12.1. The lowest BCUT2D eigenvalue weighted by atomic mass is 10.0. The number of fused-ring (bicyclic) bond motifs is 1. The third kappa shape index (κ3) is 7.89. The van der Waals surface area contributed by atoms with Gasteiger partial charge in [0.25, 0.3) is 0 Å². The van der Waals surface area contributed by atoms with Crippen molar-refractivity contribution in [3.8, 4) is 0 Å². The van der Waals surface area contributed by atoms with Gasteiger partial charge >= 0.3 is 6.09 Å². The molecule has 6 nitrogen and oxygen atoms in total. The Morgan fingerprint density at radius 2 is 2.04 bits per heavy atom. The fourth-order valence-electron chi connectivity index (χ4n) is 2.74. The fourth-order valence-corrected chi connectivity index (χ4v) is 3.97. The molecular formula is C20H35N3O3S. The first-order valence-corrected chi connectivity index (χ1v) is 10.5. The Hall–Kier alpha value is -1.60. The summed E-state index contributed by atoms with van der Waals surface area (Å²) >= 11 is 1.74. The molecule has 1 amide bonds. The molecule has 0 atom stereocenters. The number of rotatable bonds is 6. The van der Waals surface area contributed by atoms with Gasteiger partial charge in [0.15, 0.2) is 0 Å². The fraction of sp³-hybridized carbons (Fsp3) is 0.700. The van der Waals surface area contributed by atoms with Gasteiger partial charge in [-0.25, -0.2) is 4.79 Å². The molecule has 1 aromatic heterocycles. The van der Waals surface area contributed by atoms with Gasteiger partial charge in [0, 0.05) is 31.4 Å². The predicted molar refractivity (Wildman–Crippen MR) is 113 cm³/mol. The summed E-state index contributed by atoms with van der Waals surface area (Å²) in [4.78, 5) is 24.9. The van der Waals surface area contributed by atoms with E-state index >= 15 is 0 Å². The van der Waals surface area contributed by atoms with Crippen molar-refractivity contribution in [1.82, 2.24) is 10.2 Å². The second-order valence-electron chi connectivity index (χ2n) is 7.57. The van der Waals surface area contributed by atoms with Crippen LogP contribution in [-0.4, -0.2) is 49.6 Å². The highest BCUT2D eigenvalue weighted by molar-refractivity contribution is 7.16. The number of carbonyl (C=O) groups is 2. The topological polar surface area (TPSA) is 70.7 Å². The van der Waals surface area contributed by atoms with Gasteiger partial charge in [0.2, 0.25) is 0 Å². The molecular weight excluding hydrogens is 362 g/mol. The van der Waals surface area contributed by atoms with E-state index in [4.69, 9.17) is 4.74 Å². The van der Waals surface area contributed by atoms with Crippen LogP contribution in [0.2, 0.25) is 0 Å². The SMILES string of the molecule is CCCNCCC=O.CNc1sc2c(c1C)CCN(C(=O)OC(C)(C)C)C2. The molecule has 0 saturated heterocycles. The second kappa shape index (κ2) is 11.3. The van der Waals surface area contributed by atoms with E-state index in [1.165, 1.54) is 21.0 Å². The summed E-state index contributed by atoms with van der Waals surface area (Å²) in [5.74, 6) is 0. The molecule has 0 spiro atoms. The Kier molecular flexibility index (Phi) is 9.80. The average molecular weight is 398 g/mol. The van der Waals surface area contributed by atoms with Crippen LogP contribution in [0.25, 0.3) is 0 Å². The van der Waals surface area contributed by atoms with Crippen LogP contribution >= 0.6 is 11.3 Å². The first kappa shape index (κ1) is 23.4. The number of nitrogens with zero attached hydrogens (tertiary/aromatic N) is 1. The summed E-state index contributed by atoms with van der Waals surface area (Å²) in [6.45, 7) is 13.2. The largest absolute Gasteiger partial charge is 0.444 e. The maximum Gasteiger partial charge on any atom is 0.410 e. The average Bonchev–Trinajstić information content (AvgIpc) is 2.93. The molecule has 2 N–H and O–H groups in total. The zero-order valence-corrected chi connectivity index (χ0v) is 18.4. The molecule has 154 valence electrons. The molecule has 1 aromatic rings. The number of ether oxygens (including phenoxy) is 1. The molecule has 2 rings (SSSR count). The van der Waals surface area contributed by atoms with E-state index in [0.717, 1.165) is 38.8 Å². The van der Waals surface area contributed by atoms with Gasteiger partial charge in [-0.1, -0.05) is 6.92 Å². The lowest BCUT2D eigenvalue weighted by Crippen LogP contribution is -2.39. The number of hydrogen-bond donors (Lipinski definition) is 2. The van der Waals surface area contributed by atoms with Gasteiger partial charge in [-0.3, -0.25) is 0 Å². The van der Waals surface area contributed by atoms with Gasteiger partial charge in [-0.15, -0.1) is 11.3 Å². The summed E-state index contributed by atoms with van der Waals surface area (Å²) in [6.07, 6.45) is 3.41. The van der Waals surface area contributed by atoms with Crippen LogP contribution in [0.4, 0.5) is 9.80 Å². The van der Waals surface area contributed by atoms with Crippen LogP contribution in [0.5, 0.6) is 0 Å². The minimum absolute atomic E-state index is 0.213. The van der Waals surface area contributed by atoms with E-state index in [1.54, 1.807) is 16.2 Å². The quantitative estimate of drug-likeness (QED) is 0.561. The van der Waals surface area contributed by atoms with Crippen molar-refractivity contribution in [1.29, 1.82) is 0 Å². The first-order valence-electron chi connectivity index (χ1n) is 9.64. The molecule has 2 heterocycles. The molecule has 7 heteroatoms. The standard InChI is InChI=1S/C14H22N2O2S.C6H13NO/c1-9-10-6-7-16(13(17)18-14(2,3)4)8-11(10)19-12(9)15-5;1-2-4-7-5-3-6-8/h15H,6-8H2,1-5H3;6-7H,2-5H2,1H3. The molecule has 1 aliphatic heterocycles. The Morgan fingerprint density at radius 3 is 2.59 bits per heavy atom. The Labute approximate surface area is 167 Å². The van der Waals surface area contributed by atoms with E-state index in [2.05, 4.69) is 24.5 Å². The van der Waals surface area contributed by atoms with E-state index < -0.39 is 5.60 Å². The van der Waals surface area contributed by atoms with Crippen LogP contribution < -0.4 is 10.6 Å². The van der Waals surface area contributed by atoms with Crippen LogP contribution in [-0.2, 0) is 22.5 Å². The second-order valence-corrected chi connectivity index (χ2v) is 8.67. The maximum absolute atomic E-state index is 12.1. The van der Waals surface area contributed by atoms with E-state index in [0.29, 0.717) is 13.0 Å². The first-order chi connectivity index (χ1) is 12.7. The van der Waals surface area contributed by atoms with Crippen molar-refractivity contribution in [2.75, 3.05) is 32.0 Å². The number of hydrogen-bond acceptors (Lipinski definition) is 6. The predicted octanol–water partition coefficient (Wildman–Crippen LogP) is 3.97. The highest BCUT2D eigenvalue weighted by Crippen LogP contribution is 2.36. The van der Waals surface area contributed by atoms with Crippen molar-refractivity contribution >= 4 is 28.7 Å². The summed E-state index contributed by atoms with van der Waals surface area (Å²) in [5, 5.41) is 7.53. The summed E-state index contributed by atoms with van der Waals surface area (Å²) in [7, 11) is 1.94. The summed E-state index contributed by atoms with van der Waals surface area (Å²) < 4.78 is 5.43. The van der Waals surface area contributed by atoms with E-state index in [-0.39, 0.29) is 6.09 Å². The number of anilines is 1. The Morgan fingerprint density at radius 1 is 1.33 bits per heavy atom.